The van der Waals surface area contributed by atoms with Gasteiger partial charge < -0.3 is 10.2 Å². The van der Waals surface area contributed by atoms with Crippen molar-refractivity contribution in [2.75, 3.05) is 19.6 Å². The third kappa shape index (κ3) is 7.80. The molecule has 0 amide bonds. The topological polar surface area (TPSA) is 15.3 Å². The monoisotopic (exact) mass is 214 g/mol. The molecule has 0 saturated carbocycles. The van der Waals surface area contributed by atoms with Crippen molar-refractivity contribution in [2.24, 2.45) is 0 Å². The summed E-state index contributed by atoms with van der Waals surface area (Å²) in [4.78, 5) is 2.56. The maximum atomic E-state index is 3.55. The lowest BCUT2D eigenvalue weighted by Gasteiger charge is -2.29. The predicted molar refractivity (Wildman–Crippen MR) is 69.4 cm³/mol. The number of hydrogen-bond donors (Lipinski definition) is 1. The van der Waals surface area contributed by atoms with Crippen molar-refractivity contribution in [3.8, 4) is 0 Å². The summed E-state index contributed by atoms with van der Waals surface area (Å²) in [5.41, 5.74) is 0.252. The highest BCUT2D eigenvalue weighted by atomic mass is 15.1. The van der Waals surface area contributed by atoms with Crippen LogP contribution in [-0.2, 0) is 0 Å². The van der Waals surface area contributed by atoms with Crippen molar-refractivity contribution < 1.29 is 0 Å². The SMILES string of the molecule is CCCN(CC)C(C)CCNC(C)(C)C. The molecular weight excluding hydrogens is 184 g/mol. The Morgan fingerprint density at radius 1 is 1.20 bits per heavy atom. The van der Waals surface area contributed by atoms with Gasteiger partial charge >= 0.3 is 0 Å². The maximum absolute atomic E-state index is 3.55. The number of hydrogen-bond acceptors (Lipinski definition) is 2. The third-order valence-electron chi connectivity index (χ3n) is 2.76. The first kappa shape index (κ1) is 14.9. The fraction of sp³-hybridized carbons (Fsp3) is 1.00. The molecule has 0 rings (SSSR count). The van der Waals surface area contributed by atoms with E-state index in [1.165, 1.54) is 25.9 Å². The average Bonchev–Trinajstić information content (AvgIpc) is 2.11. The normalized spacial score (nSPS) is 14.6. The average molecular weight is 214 g/mol. The van der Waals surface area contributed by atoms with Crippen molar-refractivity contribution in [3.05, 3.63) is 0 Å². The van der Waals surface area contributed by atoms with E-state index in [1.54, 1.807) is 0 Å². The molecule has 0 aliphatic heterocycles. The van der Waals surface area contributed by atoms with Crippen LogP contribution < -0.4 is 5.32 Å². The van der Waals surface area contributed by atoms with Gasteiger partial charge in [0.25, 0.3) is 0 Å². The summed E-state index contributed by atoms with van der Waals surface area (Å²) >= 11 is 0. The molecule has 0 spiro atoms. The Labute approximate surface area is 96.4 Å². The van der Waals surface area contributed by atoms with Crippen LogP contribution in [-0.4, -0.2) is 36.1 Å². The fourth-order valence-electron chi connectivity index (χ4n) is 1.82. The summed E-state index contributed by atoms with van der Waals surface area (Å²) in [7, 11) is 0. The molecule has 0 fully saturated rings. The lowest BCUT2D eigenvalue weighted by Crippen LogP contribution is -2.40. The predicted octanol–water partition coefficient (Wildman–Crippen LogP) is 2.89. The molecule has 0 heterocycles. The van der Waals surface area contributed by atoms with Gasteiger partial charge in [-0.2, -0.15) is 0 Å². The Bertz CT molecular complexity index is 149. The minimum atomic E-state index is 0.252. The van der Waals surface area contributed by atoms with Crippen LogP contribution in [0.5, 0.6) is 0 Å². The second kappa shape index (κ2) is 7.24. The Morgan fingerprint density at radius 2 is 1.80 bits per heavy atom. The van der Waals surface area contributed by atoms with Gasteiger partial charge in [-0.25, -0.2) is 0 Å². The van der Waals surface area contributed by atoms with Gasteiger partial charge in [0.2, 0.25) is 0 Å². The summed E-state index contributed by atoms with van der Waals surface area (Å²) in [6.07, 6.45) is 2.50. The second-order valence-corrected chi connectivity index (χ2v) is 5.44. The molecule has 0 radical (unpaired) electrons. The van der Waals surface area contributed by atoms with Gasteiger partial charge in [0.05, 0.1) is 0 Å². The molecule has 1 N–H and O–H groups in total. The van der Waals surface area contributed by atoms with E-state index in [0.717, 1.165) is 6.54 Å². The van der Waals surface area contributed by atoms with Crippen LogP contribution >= 0.6 is 0 Å². The summed E-state index contributed by atoms with van der Waals surface area (Å²) < 4.78 is 0. The zero-order chi connectivity index (χ0) is 11.9. The lowest BCUT2D eigenvalue weighted by atomic mass is 10.1. The van der Waals surface area contributed by atoms with Gasteiger partial charge in [-0.15, -0.1) is 0 Å². The van der Waals surface area contributed by atoms with E-state index >= 15 is 0 Å². The summed E-state index contributed by atoms with van der Waals surface area (Å²) in [5, 5.41) is 3.55. The van der Waals surface area contributed by atoms with Crippen molar-refractivity contribution >= 4 is 0 Å². The van der Waals surface area contributed by atoms with E-state index in [-0.39, 0.29) is 5.54 Å². The zero-order valence-corrected chi connectivity index (χ0v) is 11.6. The fourth-order valence-corrected chi connectivity index (χ4v) is 1.82. The van der Waals surface area contributed by atoms with Crippen molar-refractivity contribution in [1.29, 1.82) is 0 Å². The van der Waals surface area contributed by atoms with Crippen LogP contribution in [0, 0.1) is 0 Å². The van der Waals surface area contributed by atoms with Gasteiger partial charge in [0, 0.05) is 11.6 Å². The Hall–Kier alpha value is -0.0800. The van der Waals surface area contributed by atoms with Gasteiger partial charge in [0.15, 0.2) is 0 Å². The smallest absolute Gasteiger partial charge is 0.00965 e. The molecule has 0 bridgehead atoms. The van der Waals surface area contributed by atoms with E-state index in [2.05, 4.69) is 51.8 Å². The van der Waals surface area contributed by atoms with Crippen LogP contribution in [0.15, 0.2) is 0 Å². The van der Waals surface area contributed by atoms with E-state index in [1.807, 2.05) is 0 Å². The van der Waals surface area contributed by atoms with E-state index in [9.17, 15) is 0 Å². The first-order chi connectivity index (χ1) is 6.90. The second-order valence-electron chi connectivity index (χ2n) is 5.44. The molecule has 0 aromatic carbocycles. The number of nitrogens with zero attached hydrogens (tertiary/aromatic N) is 1. The molecule has 2 nitrogen and oxygen atoms in total. The molecule has 0 aromatic heterocycles. The quantitative estimate of drug-likeness (QED) is 0.701. The molecule has 0 aromatic rings. The van der Waals surface area contributed by atoms with Gasteiger partial charge in [-0.05, 0) is 60.2 Å². The van der Waals surface area contributed by atoms with E-state index < -0.39 is 0 Å². The Kier molecular flexibility index (Phi) is 7.20. The summed E-state index contributed by atoms with van der Waals surface area (Å²) in [5.74, 6) is 0. The van der Waals surface area contributed by atoms with Crippen molar-refractivity contribution in [3.63, 3.8) is 0 Å². The number of rotatable bonds is 7. The molecule has 0 saturated heterocycles. The molecule has 0 aliphatic rings. The van der Waals surface area contributed by atoms with Crippen LogP contribution in [0.1, 0.15) is 54.4 Å². The van der Waals surface area contributed by atoms with Crippen LogP contribution in [0.2, 0.25) is 0 Å². The zero-order valence-electron chi connectivity index (χ0n) is 11.6. The third-order valence-corrected chi connectivity index (χ3v) is 2.76. The van der Waals surface area contributed by atoms with Crippen LogP contribution in [0.25, 0.3) is 0 Å². The Balaban J connectivity index is 3.75. The van der Waals surface area contributed by atoms with Crippen LogP contribution in [0.3, 0.4) is 0 Å². The molecule has 15 heavy (non-hydrogen) atoms. The van der Waals surface area contributed by atoms with Crippen molar-refractivity contribution in [2.45, 2.75) is 66.0 Å². The standard InChI is InChI=1S/C13H30N2/c1-7-11-15(8-2)12(3)9-10-14-13(4,5)6/h12,14H,7-11H2,1-6H3. The summed E-state index contributed by atoms with van der Waals surface area (Å²) in [6, 6.07) is 0.699. The van der Waals surface area contributed by atoms with E-state index in [4.69, 9.17) is 0 Å². The van der Waals surface area contributed by atoms with Crippen molar-refractivity contribution in [1.82, 2.24) is 10.2 Å². The molecule has 2 heteroatoms. The highest BCUT2D eigenvalue weighted by Crippen LogP contribution is 2.05. The van der Waals surface area contributed by atoms with Crippen LogP contribution in [0.4, 0.5) is 0 Å². The lowest BCUT2D eigenvalue weighted by molar-refractivity contribution is 0.205. The maximum Gasteiger partial charge on any atom is 0.00965 e. The molecule has 1 unspecified atom stereocenters. The highest BCUT2D eigenvalue weighted by molar-refractivity contribution is 4.73. The van der Waals surface area contributed by atoms with E-state index in [0.29, 0.717) is 6.04 Å². The molecule has 1 atom stereocenters. The first-order valence-corrected chi connectivity index (χ1v) is 6.39. The molecular formula is C13H30N2. The Morgan fingerprint density at radius 3 is 2.20 bits per heavy atom. The van der Waals surface area contributed by atoms with Gasteiger partial charge in [-0.3, -0.25) is 0 Å². The minimum Gasteiger partial charge on any atom is -0.312 e. The largest absolute Gasteiger partial charge is 0.312 e. The molecule has 0 aliphatic carbocycles. The highest BCUT2D eigenvalue weighted by Gasteiger charge is 2.13. The van der Waals surface area contributed by atoms with Gasteiger partial charge in [0.1, 0.15) is 0 Å². The first-order valence-electron chi connectivity index (χ1n) is 6.39. The molecule has 92 valence electrons. The van der Waals surface area contributed by atoms with Gasteiger partial charge in [-0.1, -0.05) is 13.8 Å². The number of nitrogens with one attached hydrogen (secondary N) is 1. The summed E-state index contributed by atoms with van der Waals surface area (Å²) in [6.45, 7) is 17.0. The minimum absolute atomic E-state index is 0.252.